The molecule has 2 rings (SSSR count). The van der Waals surface area contributed by atoms with Crippen LogP contribution in [0.3, 0.4) is 0 Å². The van der Waals surface area contributed by atoms with E-state index < -0.39 is 10.0 Å². The van der Waals surface area contributed by atoms with Crippen molar-refractivity contribution < 1.29 is 13.2 Å². The lowest BCUT2D eigenvalue weighted by atomic mass is 10.2. The number of nitrogens with zero attached hydrogens (tertiary/aromatic N) is 4. The minimum atomic E-state index is -3.19. The monoisotopic (exact) mass is 330 g/mol. The van der Waals surface area contributed by atoms with Gasteiger partial charge in [-0.05, 0) is 19.2 Å². The van der Waals surface area contributed by atoms with E-state index in [0.29, 0.717) is 37.0 Å². The zero-order chi connectivity index (χ0) is 15.6. The minimum absolute atomic E-state index is 0.177. The summed E-state index contributed by atoms with van der Waals surface area (Å²) in [7, 11) is -3.19. The second-order valence-electron chi connectivity index (χ2n) is 4.84. The lowest BCUT2D eigenvalue weighted by Gasteiger charge is -2.33. The van der Waals surface area contributed by atoms with E-state index in [0.717, 1.165) is 5.69 Å². The molecule has 9 heteroatoms. The first-order valence-corrected chi connectivity index (χ1v) is 9.52. The van der Waals surface area contributed by atoms with Gasteiger partial charge in [0.1, 0.15) is 5.69 Å². The van der Waals surface area contributed by atoms with E-state index in [1.807, 2.05) is 13.2 Å². The Morgan fingerprint density at radius 2 is 1.86 bits per heavy atom. The summed E-state index contributed by atoms with van der Waals surface area (Å²) in [6.45, 7) is 3.22. The summed E-state index contributed by atoms with van der Waals surface area (Å²) in [4.78, 5) is 22.5. The number of aromatic nitrogens is 2. The number of sulfonamides is 1. The molecule has 1 aromatic rings. The number of hydrogen-bond donors (Lipinski definition) is 0. The van der Waals surface area contributed by atoms with Gasteiger partial charge in [-0.2, -0.15) is 4.31 Å². The first-order valence-electron chi connectivity index (χ1n) is 6.45. The molecule has 0 saturated carbocycles. The van der Waals surface area contributed by atoms with Crippen LogP contribution >= 0.6 is 11.8 Å². The molecule has 21 heavy (non-hydrogen) atoms. The van der Waals surface area contributed by atoms with Gasteiger partial charge in [-0.15, -0.1) is 0 Å². The van der Waals surface area contributed by atoms with Crippen LogP contribution in [-0.2, 0) is 10.0 Å². The third-order valence-corrected chi connectivity index (χ3v) is 5.08. The molecule has 0 spiro atoms. The highest BCUT2D eigenvalue weighted by Crippen LogP contribution is 2.14. The molecule has 0 aliphatic carbocycles. The number of aryl methyl sites for hydroxylation is 1. The summed E-state index contributed by atoms with van der Waals surface area (Å²) < 4.78 is 24.3. The Balaban J connectivity index is 2.10. The predicted octanol–water partition coefficient (Wildman–Crippen LogP) is 0.224. The summed E-state index contributed by atoms with van der Waals surface area (Å²) in [6.07, 6.45) is 3.04. The SMILES string of the molecule is CSc1nc(C)cc(C(=O)N2CCN(S(C)(=O)=O)CC2)n1. The van der Waals surface area contributed by atoms with Crippen LogP contribution in [0.2, 0.25) is 0 Å². The average molecular weight is 330 g/mol. The smallest absolute Gasteiger partial charge is 0.272 e. The lowest BCUT2D eigenvalue weighted by Crippen LogP contribution is -2.50. The number of amides is 1. The van der Waals surface area contributed by atoms with Gasteiger partial charge in [0, 0.05) is 31.9 Å². The molecule has 2 heterocycles. The maximum Gasteiger partial charge on any atom is 0.272 e. The molecule has 0 radical (unpaired) electrons. The Bertz CT molecular complexity index is 640. The zero-order valence-corrected chi connectivity index (χ0v) is 13.9. The van der Waals surface area contributed by atoms with Crippen molar-refractivity contribution in [2.75, 3.05) is 38.7 Å². The van der Waals surface area contributed by atoms with Crippen LogP contribution < -0.4 is 0 Å². The second-order valence-corrected chi connectivity index (χ2v) is 7.59. The van der Waals surface area contributed by atoms with E-state index in [1.54, 1.807) is 11.0 Å². The molecule has 1 aliphatic rings. The molecule has 1 aromatic heterocycles. The van der Waals surface area contributed by atoms with Crippen molar-refractivity contribution in [3.8, 4) is 0 Å². The van der Waals surface area contributed by atoms with E-state index in [-0.39, 0.29) is 5.91 Å². The van der Waals surface area contributed by atoms with Gasteiger partial charge < -0.3 is 4.90 Å². The van der Waals surface area contributed by atoms with Gasteiger partial charge in [0.2, 0.25) is 10.0 Å². The Labute approximate surface area is 128 Å². The lowest BCUT2D eigenvalue weighted by molar-refractivity contribution is 0.0691. The molecule has 1 saturated heterocycles. The maximum atomic E-state index is 12.4. The standard InChI is InChI=1S/C12H18N4O3S2/c1-9-8-10(14-12(13-9)20-2)11(17)15-4-6-16(7-5-15)21(3,18)19/h8H,4-7H2,1-3H3. The first kappa shape index (κ1) is 16.2. The van der Waals surface area contributed by atoms with Gasteiger partial charge in [0.25, 0.3) is 5.91 Å². The molecular weight excluding hydrogens is 312 g/mol. The molecule has 1 fully saturated rings. The van der Waals surface area contributed by atoms with Crippen molar-refractivity contribution >= 4 is 27.7 Å². The molecule has 7 nitrogen and oxygen atoms in total. The molecule has 0 atom stereocenters. The van der Waals surface area contributed by atoms with E-state index in [4.69, 9.17) is 0 Å². The Kier molecular flexibility index (Phi) is 4.84. The Morgan fingerprint density at radius 1 is 1.24 bits per heavy atom. The van der Waals surface area contributed by atoms with Crippen molar-refractivity contribution in [1.29, 1.82) is 0 Å². The van der Waals surface area contributed by atoms with Crippen LogP contribution in [-0.4, -0.2) is 72.2 Å². The number of carbonyl (C=O) groups excluding carboxylic acids is 1. The number of hydrogen-bond acceptors (Lipinski definition) is 6. The quantitative estimate of drug-likeness (QED) is 0.582. The van der Waals surface area contributed by atoms with Crippen molar-refractivity contribution in [3.63, 3.8) is 0 Å². The number of carbonyl (C=O) groups is 1. The maximum absolute atomic E-state index is 12.4. The summed E-state index contributed by atoms with van der Waals surface area (Å²) >= 11 is 1.38. The molecule has 116 valence electrons. The van der Waals surface area contributed by atoms with Crippen molar-refractivity contribution in [3.05, 3.63) is 17.5 Å². The molecule has 0 bridgehead atoms. The Morgan fingerprint density at radius 3 is 2.38 bits per heavy atom. The second kappa shape index (κ2) is 6.29. The highest BCUT2D eigenvalue weighted by molar-refractivity contribution is 7.98. The molecule has 1 amide bonds. The number of piperazine rings is 1. The van der Waals surface area contributed by atoms with Crippen LogP contribution in [0.4, 0.5) is 0 Å². The highest BCUT2D eigenvalue weighted by Gasteiger charge is 2.27. The van der Waals surface area contributed by atoms with Crippen LogP contribution in [0.15, 0.2) is 11.2 Å². The van der Waals surface area contributed by atoms with E-state index in [9.17, 15) is 13.2 Å². The average Bonchev–Trinajstić information content (AvgIpc) is 2.45. The Hall–Kier alpha value is -1.19. The fraction of sp³-hybridized carbons (Fsp3) is 0.583. The van der Waals surface area contributed by atoms with Crippen molar-refractivity contribution in [2.45, 2.75) is 12.1 Å². The van der Waals surface area contributed by atoms with Gasteiger partial charge >= 0.3 is 0 Å². The number of thioether (sulfide) groups is 1. The van der Waals surface area contributed by atoms with E-state index in [2.05, 4.69) is 9.97 Å². The predicted molar refractivity (Wildman–Crippen MR) is 80.9 cm³/mol. The fourth-order valence-corrected chi connectivity index (χ4v) is 3.38. The molecular formula is C12H18N4O3S2. The highest BCUT2D eigenvalue weighted by atomic mass is 32.2. The summed E-state index contributed by atoms with van der Waals surface area (Å²) in [5.74, 6) is -0.177. The van der Waals surface area contributed by atoms with Crippen LogP contribution in [0, 0.1) is 6.92 Å². The summed E-state index contributed by atoms with van der Waals surface area (Å²) in [5, 5.41) is 0.563. The van der Waals surface area contributed by atoms with Crippen LogP contribution in [0.1, 0.15) is 16.2 Å². The van der Waals surface area contributed by atoms with Crippen LogP contribution in [0.25, 0.3) is 0 Å². The molecule has 1 aliphatic heterocycles. The van der Waals surface area contributed by atoms with Gasteiger partial charge in [0.05, 0.1) is 6.26 Å². The van der Waals surface area contributed by atoms with Gasteiger partial charge in [-0.25, -0.2) is 18.4 Å². The minimum Gasteiger partial charge on any atom is -0.335 e. The third-order valence-electron chi connectivity index (χ3n) is 3.23. The first-order chi connectivity index (χ1) is 9.81. The third kappa shape index (κ3) is 3.92. The normalized spacial score (nSPS) is 17.0. The van der Waals surface area contributed by atoms with Gasteiger partial charge in [-0.1, -0.05) is 11.8 Å². The number of rotatable bonds is 3. The van der Waals surface area contributed by atoms with E-state index >= 15 is 0 Å². The van der Waals surface area contributed by atoms with Crippen molar-refractivity contribution in [2.24, 2.45) is 0 Å². The largest absolute Gasteiger partial charge is 0.335 e. The van der Waals surface area contributed by atoms with E-state index in [1.165, 1.54) is 22.3 Å². The van der Waals surface area contributed by atoms with Crippen molar-refractivity contribution in [1.82, 2.24) is 19.2 Å². The zero-order valence-electron chi connectivity index (χ0n) is 12.2. The molecule has 0 aromatic carbocycles. The molecule has 0 N–H and O–H groups in total. The molecule has 0 unspecified atom stereocenters. The van der Waals surface area contributed by atoms with Gasteiger partial charge in [-0.3, -0.25) is 4.79 Å². The summed E-state index contributed by atoms with van der Waals surface area (Å²) in [6, 6.07) is 1.66. The van der Waals surface area contributed by atoms with Gasteiger partial charge in [0.15, 0.2) is 5.16 Å². The fourth-order valence-electron chi connectivity index (χ4n) is 2.13. The topological polar surface area (TPSA) is 83.5 Å². The van der Waals surface area contributed by atoms with Crippen LogP contribution in [0.5, 0.6) is 0 Å². The summed E-state index contributed by atoms with van der Waals surface area (Å²) in [5.41, 5.74) is 1.10.